The van der Waals surface area contributed by atoms with Crippen molar-refractivity contribution in [2.24, 2.45) is 7.05 Å². The molecule has 0 aliphatic rings. The number of nitrogens with zero attached hydrogens (tertiary/aromatic N) is 2. The number of hydrogen-bond donors (Lipinski definition) is 2. The van der Waals surface area contributed by atoms with Gasteiger partial charge in [-0.2, -0.15) is 0 Å². The topological polar surface area (TPSA) is 59.0 Å². The number of carbonyl (C=O) groups is 1. The summed E-state index contributed by atoms with van der Waals surface area (Å²) in [5.41, 5.74) is 2.03. The maximum Gasteiger partial charge on any atom is 0.221 e. The maximum atomic E-state index is 11.7. The molecule has 0 bridgehead atoms. The van der Waals surface area contributed by atoms with Crippen molar-refractivity contribution >= 4 is 16.9 Å². The van der Waals surface area contributed by atoms with E-state index in [0.717, 1.165) is 16.9 Å². The molecule has 1 amide bonds. The SMILES string of the molecule is CNCCC(=O)NC(C)c1nc2ccccc2n1C. The largest absolute Gasteiger partial charge is 0.346 e. The van der Waals surface area contributed by atoms with Crippen LogP contribution in [-0.4, -0.2) is 29.1 Å². The highest BCUT2D eigenvalue weighted by Crippen LogP contribution is 2.18. The molecule has 1 atom stereocenters. The molecule has 0 fully saturated rings. The van der Waals surface area contributed by atoms with E-state index in [9.17, 15) is 4.79 Å². The van der Waals surface area contributed by atoms with E-state index in [4.69, 9.17) is 0 Å². The summed E-state index contributed by atoms with van der Waals surface area (Å²) in [5.74, 6) is 0.910. The summed E-state index contributed by atoms with van der Waals surface area (Å²) >= 11 is 0. The number of nitrogens with one attached hydrogen (secondary N) is 2. The summed E-state index contributed by atoms with van der Waals surface area (Å²) in [5, 5.41) is 5.93. The van der Waals surface area contributed by atoms with Crippen LogP contribution >= 0.6 is 0 Å². The van der Waals surface area contributed by atoms with Gasteiger partial charge in [0.15, 0.2) is 0 Å². The minimum Gasteiger partial charge on any atom is -0.346 e. The molecule has 5 heteroatoms. The van der Waals surface area contributed by atoms with E-state index in [1.807, 2.05) is 49.9 Å². The molecule has 0 aliphatic carbocycles. The minimum atomic E-state index is -0.0956. The fourth-order valence-electron chi connectivity index (χ4n) is 2.17. The Labute approximate surface area is 113 Å². The zero-order valence-corrected chi connectivity index (χ0v) is 11.6. The van der Waals surface area contributed by atoms with E-state index < -0.39 is 0 Å². The van der Waals surface area contributed by atoms with Gasteiger partial charge >= 0.3 is 0 Å². The highest BCUT2D eigenvalue weighted by atomic mass is 16.1. The molecule has 1 heterocycles. The molecule has 5 nitrogen and oxygen atoms in total. The normalized spacial score (nSPS) is 12.6. The van der Waals surface area contributed by atoms with Crippen molar-refractivity contribution in [2.75, 3.05) is 13.6 Å². The second-order valence-electron chi connectivity index (χ2n) is 4.66. The van der Waals surface area contributed by atoms with E-state index in [0.29, 0.717) is 13.0 Å². The van der Waals surface area contributed by atoms with Gasteiger partial charge < -0.3 is 15.2 Å². The first kappa shape index (κ1) is 13.5. The van der Waals surface area contributed by atoms with E-state index in [2.05, 4.69) is 15.6 Å². The number of amides is 1. The van der Waals surface area contributed by atoms with E-state index >= 15 is 0 Å². The Morgan fingerprint density at radius 3 is 2.84 bits per heavy atom. The van der Waals surface area contributed by atoms with Gasteiger partial charge in [-0.1, -0.05) is 12.1 Å². The smallest absolute Gasteiger partial charge is 0.221 e. The molecule has 102 valence electrons. The molecular weight excluding hydrogens is 240 g/mol. The lowest BCUT2D eigenvalue weighted by Gasteiger charge is -2.13. The standard InChI is InChI=1S/C14H20N4O/c1-10(16-13(19)8-9-15-2)14-17-11-6-4-5-7-12(11)18(14)3/h4-7,10,15H,8-9H2,1-3H3,(H,16,19). The minimum absolute atomic E-state index is 0.0360. The summed E-state index contributed by atoms with van der Waals surface area (Å²) in [6, 6.07) is 7.87. The number of benzene rings is 1. The lowest BCUT2D eigenvalue weighted by atomic mass is 10.3. The van der Waals surface area contributed by atoms with Crippen LogP contribution in [0, 0.1) is 0 Å². The third kappa shape index (κ3) is 2.93. The predicted molar refractivity (Wildman–Crippen MR) is 75.8 cm³/mol. The Bertz CT molecular complexity index is 576. The zero-order valence-electron chi connectivity index (χ0n) is 11.6. The Morgan fingerprint density at radius 2 is 2.16 bits per heavy atom. The van der Waals surface area contributed by atoms with E-state index in [-0.39, 0.29) is 11.9 Å². The number of carbonyl (C=O) groups excluding carboxylic acids is 1. The summed E-state index contributed by atoms with van der Waals surface area (Å²) in [7, 11) is 3.81. The van der Waals surface area contributed by atoms with Crippen LogP contribution in [-0.2, 0) is 11.8 Å². The monoisotopic (exact) mass is 260 g/mol. The summed E-state index contributed by atoms with van der Waals surface area (Å²) in [6.45, 7) is 2.64. The molecule has 1 aromatic heterocycles. The van der Waals surface area contributed by atoms with Crippen LogP contribution in [0.15, 0.2) is 24.3 Å². The number of para-hydroxylation sites is 2. The highest BCUT2D eigenvalue weighted by molar-refractivity contribution is 5.78. The first-order valence-electron chi connectivity index (χ1n) is 6.48. The second kappa shape index (κ2) is 5.84. The summed E-state index contributed by atoms with van der Waals surface area (Å²) in [4.78, 5) is 16.3. The van der Waals surface area contributed by atoms with Crippen molar-refractivity contribution < 1.29 is 4.79 Å². The first-order chi connectivity index (χ1) is 9.13. The molecule has 0 aliphatic heterocycles. The summed E-state index contributed by atoms with van der Waals surface area (Å²) < 4.78 is 2.03. The highest BCUT2D eigenvalue weighted by Gasteiger charge is 2.15. The lowest BCUT2D eigenvalue weighted by Crippen LogP contribution is -2.30. The van der Waals surface area contributed by atoms with Crippen LogP contribution in [0.25, 0.3) is 11.0 Å². The zero-order chi connectivity index (χ0) is 13.8. The van der Waals surface area contributed by atoms with Crippen LogP contribution in [0.4, 0.5) is 0 Å². The summed E-state index contributed by atoms with van der Waals surface area (Å²) in [6.07, 6.45) is 0.477. The average Bonchev–Trinajstić information content (AvgIpc) is 2.74. The van der Waals surface area contributed by atoms with E-state index in [1.54, 1.807) is 0 Å². The van der Waals surface area contributed by atoms with Gasteiger partial charge in [0.1, 0.15) is 5.82 Å². The number of fused-ring (bicyclic) bond motifs is 1. The maximum absolute atomic E-state index is 11.7. The molecule has 0 spiro atoms. The fourth-order valence-corrected chi connectivity index (χ4v) is 2.17. The van der Waals surface area contributed by atoms with Gasteiger partial charge in [0.05, 0.1) is 17.1 Å². The van der Waals surface area contributed by atoms with Crippen molar-refractivity contribution in [1.29, 1.82) is 0 Å². The van der Waals surface area contributed by atoms with Gasteiger partial charge in [0, 0.05) is 20.0 Å². The Kier molecular flexibility index (Phi) is 4.16. The lowest BCUT2D eigenvalue weighted by molar-refractivity contribution is -0.121. The number of rotatable bonds is 5. The molecule has 1 unspecified atom stereocenters. The number of aromatic nitrogens is 2. The van der Waals surface area contributed by atoms with Gasteiger partial charge in [-0.15, -0.1) is 0 Å². The third-order valence-corrected chi connectivity index (χ3v) is 3.19. The van der Waals surface area contributed by atoms with Gasteiger partial charge in [0.25, 0.3) is 0 Å². The molecule has 2 aromatic rings. The molecule has 1 aromatic carbocycles. The number of hydrogen-bond acceptors (Lipinski definition) is 3. The molecule has 0 saturated heterocycles. The third-order valence-electron chi connectivity index (χ3n) is 3.19. The predicted octanol–water partition coefficient (Wildman–Crippen LogP) is 1.36. The van der Waals surface area contributed by atoms with Crippen molar-refractivity contribution in [3.05, 3.63) is 30.1 Å². The molecule has 19 heavy (non-hydrogen) atoms. The molecule has 0 saturated carbocycles. The first-order valence-corrected chi connectivity index (χ1v) is 6.48. The fraction of sp³-hybridized carbons (Fsp3) is 0.429. The molecule has 0 radical (unpaired) electrons. The van der Waals surface area contributed by atoms with Gasteiger partial charge in [-0.25, -0.2) is 4.98 Å². The van der Waals surface area contributed by atoms with Gasteiger partial charge in [-0.05, 0) is 26.1 Å². The number of imidazole rings is 1. The average molecular weight is 260 g/mol. The Morgan fingerprint density at radius 1 is 1.42 bits per heavy atom. The Balaban J connectivity index is 2.15. The van der Waals surface area contributed by atoms with Crippen molar-refractivity contribution in [2.45, 2.75) is 19.4 Å². The Hall–Kier alpha value is -1.88. The molecular formula is C14H20N4O. The molecule has 2 rings (SSSR count). The van der Waals surface area contributed by atoms with Crippen LogP contribution in [0.5, 0.6) is 0 Å². The van der Waals surface area contributed by atoms with Crippen LogP contribution < -0.4 is 10.6 Å². The van der Waals surface area contributed by atoms with Crippen molar-refractivity contribution in [3.8, 4) is 0 Å². The van der Waals surface area contributed by atoms with Crippen LogP contribution in [0.2, 0.25) is 0 Å². The van der Waals surface area contributed by atoms with Crippen LogP contribution in [0.1, 0.15) is 25.2 Å². The van der Waals surface area contributed by atoms with E-state index in [1.165, 1.54) is 0 Å². The number of aryl methyl sites for hydroxylation is 1. The van der Waals surface area contributed by atoms with Gasteiger partial charge in [0.2, 0.25) is 5.91 Å². The van der Waals surface area contributed by atoms with Crippen molar-refractivity contribution in [1.82, 2.24) is 20.2 Å². The van der Waals surface area contributed by atoms with Crippen LogP contribution in [0.3, 0.4) is 0 Å². The second-order valence-corrected chi connectivity index (χ2v) is 4.66. The van der Waals surface area contributed by atoms with Crippen molar-refractivity contribution in [3.63, 3.8) is 0 Å². The molecule has 2 N–H and O–H groups in total. The van der Waals surface area contributed by atoms with Gasteiger partial charge in [-0.3, -0.25) is 4.79 Å². The quantitative estimate of drug-likeness (QED) is 0.853.